The number of aryl methyl sites for hydroxylation is 2. The number of carbonyl (C=O) groups is 2. The predicted octanol–water partition coefficient (Wildman–Crippen LogP) is 2.20. The van der Waals surface area contributed by atoms with Gasteiger partial charge in [-0.25, -0.2) is 8.42 Å². The second kappa shape index (κ2) is 9.17. The molecule has 9 heteroatoms. The van der Waals surface area contributed by atoms with Gasteiger partial charge >= 0.3 is 0 Å². The third-order valence-corrected chi connectivity index (χ3v) is 6.08. The van der Waals surface area contributed by atoms with Gasteiger partial charge in [0, 0.05) is 25.3 Å². The molecule has 0 saturated carbocycles. The van der Waals surface area contributed by atoms with Gasteiger partial charge in [0.15, 0.2) is 0 Å². The quantitative estimate of drug-likeness (QED) is 0.694. The van der Waals surface area contributed by atoms with E-state index in [2.05, 4.69) is 5.32 Å². The Morgan fingerprint density at radius 1 is 1.03 bits per heavy atom. The van der Waals surface area contributed by atoms with E-state index in [1.807, 2.05) is 32.0 Å². The van der Waals surface area contributed by atoms with Crippen LogP contribution in [0, 0.1) is 13.8 Å². The Kier molecular flexibility index (Phi) is 7.12. The number of likely N-dealkylation sites (N-methyl/N-ethyl adjacent to an activating group) is 1. The second-order valence-corrected chi connectivity index (χ2v) is 8.59. The van der Waals surface area contributed by atoms with Crippen molar-refractivity contribution in [3.05, 3.63) is 59.2 Å². The van der Waals surface area contributed by atoms with Crippen LogP contribution in [0.3, 0.4) is 0 Å². The maximum atomic E-state index is 12.6. The zero-order valence-electron chi connectivity index (χ0n) is 17.1. The van der Waals surface area contributed by atoms with Crippen molar-refractivity contribution < 1.29 is 22.8 Å². The number of amides is 2. The molecule has 0 atom stereocenters. The minimum Gasteiger partial charge on any atom is -0.332 e. The van der Waals surface area contributed by atoms with Crippen LogP contribution in [-0.4, -0.2) is 57.4 Å². The van der Waals surface area contributed by atoms with Gasteiger partial charge in [-0.3, -0.25) is 14.4 Å². The standard InChI is InChI=1S/C20H25N3O5S/c1-14-6-7-15(2)18(12-14)21-19(24)13-22(3)20(25)16-8-10-17(11-9-16)29(26,27)23(4)28-5/h6-12H,13H2,1-5H3,(H,21,24). The summed E-state index contributed by atoms with van der Waals surface area (Å²) in [6, 6.07) is 11.2. The third kappa shape index (κ3) is 5.41. The molecule has 0 unspecified atom stereocenters. The summed E-state index contributed by atoms with van der Waals surface area (Å²) in [5, 5.41) is 2.80. The van der Waals surface area contributed by atoms with Gasteiger partial charge in [-0.15, -0.1) is 0 Å². The molecule has 156 valence electrons. The monoisotopic (exact) mass is 419 g/mol. The molecule has 0 aliphatic rings. The van der Waals surface area contributed by atoms with E-state index in [0.717, 1.165) is 15.6 Å². The summed E-state index contributed by atoms with van der Waals surface area (Å²) < 4.78 is 25.1. The molecule has 8 nitrogen and oxygen atoms in total. The molecule has 2 aromatic rings. The second-order valence-electron chi connectivity index (χ2n) is 6.65. The van der Waals surface area contributed by atoms with E-state index in [9.17, 15) is 18.0 Å². The van der Waals surface area contributed by atoms with E-state index in [1.54, 1.807) is 0 Å². The number of hydrogen-bond acceptors (Lipinski definition) is 5. The lowest BCUT2D eigenvalue weighted by Crippen LogP contribution is -2.35. The van der Waals surface area contributed by atoms with E-state index in [1.165, 1.54) is 50.4 Å². The Labute approximate surface area is 171 Å². The Hall–Kier alpha value is -2.75. The van der Waals surface area contributed by atoms with E-state index >= 15 is 0 Å². The van der Waals surface area contributed by atoms with Crippen molar-refractivity contribution >= 4 is 27.5 Å². The first-order valence-corrected chi connectivity index (χ1v) is 10.3. The van der Waals surface area contributed by atoms with Crippen molar-refractivity contribution in [2.24, 2.45) is 0 Å². The van der Waals surface area contributed by atoms with Crippen LogP contribution in [0.25, 0.3) is 0 Å². The molecule has 2 aromatic carbocycles. The molecule has 0 aliphatic carbocycles. The fourth-order valence-electron chi connectivity index (χ4n) is 2.58. The van der Waals surface area contributed by atoms with Crippen molar-refractivity contribution in [3.8, 4) is 0 Å². The van der Waals surface area contributed by atoms with Crippen molar-refractivity contribution in [3.63, 3.8) is 0 Å². The number of carbonyl (C=O) groups excluding carboxylic acids is 2. The Morgan fingerprint density at radius 3 is 2.24 bits per heavy atom. The first-order chi connectivity index (χ1) is 13.6. The molecule has 0 bridgehead atoms. The minimum absolute atomic E-state index is 0.00582. The first-order valence-electron chi connectivity index (χ1n) is 8.82. The number of sulfonamides is 1. The molecular weight excluding hydrogens is 394 g/mol. The fourth-order valence-corrected chi connectivity index (χ4v) is 3.56. The first kappa shape index (κ1) is 22.5. The maximum Gasteiger partial charge on any atom is 0.264 e. The van der Waals surface area contributed by atoms with Crippen LogP contribution in [0.2, 0.25) is 0 Å². The summed E-state index contributed by atoms with van der Waals surface area (Å²) in [6.07, 6.45) is 0. The molecule has 0 heterocycles. The maximum absolute atomic E-state index is 12.6. The van der Waals surface area contributed by atoms with Gasteiger partial charge in [-0.2, -0.15) is 0 Å². The van der Waals surface area contributed by atoms with E-state index in [4.69, 9.17) is 4.84 Å². The molecule has 0 spiro atoms. The lowest BCUT2D eigenvalue weighted by Gasteiger charge is -2.18. The zero-order chi connectivity index (χ0) is 21.8. The van der Waals surface area contributed by atoms with Gasteiger partial charge in [0.25, 0.3) is 15.9 Å². The van der Waals surface area contributed by atoms with Gasteiger partial charge in [0.1, 0.15) is 0 Å². The Balaban J connectivity index is 2.06. The SMILES string of the molecule is CON(C)S(=O)(=O)c1ccc(C(=O)N(C)CC(=O)Nc2cc(C)ccc2C)cc1. The van der Waals surface area contributed by atoms with Crippen LogP contribution in [0.4, 0.5) is 5.69 Å². The zero-order valence-corrected chi connectivity index (χ0v) is 17.9. The average molecular weight is 420 g/mol. The molecule has 0 fully saturated rings. The molecular formula is C20H25N3O5S. The van der Waals surface area contributed by atoms with Crippen molar-refractivity contribution in [1.82, 2.24) is 9.37 Å². The largest absolute Gasteiger partial charge is 0.332 e. The van der Waals surface area contributed by atoms with Crippen LogP contribution < -0.4 is 5.32 Å². The average Bonchev–Trinajstić information content (AvgIpc) is 2.69. The van der Waals surface area contributed by atoms with Crippen LogP contribution in [0.1, 0.15) is 21.5 Å². The molecule has 2 rings (SSSR count). The van der Waals surface area contributed by atoms with Crippen molar-refractivity contribution in [1.29, 1.82) is 0 Å². The lowest BCUT2D eigenvalue weighted by atomic mass is 10.1. The van der Waals surface area contributed by atoms with Crippen LogP contribution >= 0.6 is 0 Å². The number of rotatable bonds is 7. The molecule has 0 radical (unpaired) electrons. The summed E-state index contributed by atoms with van der Waals surface area (Å²) in [5.74, 6) is -0.722. The number of nitrogens with zero attached hydrogens (tertiary/aromatic N) is 2. The number of hydroxylamine groups is 1. The number of hydrogen-bond donors (Lipinski definition) is 1. The molecule has 2 amide bonds. The van der Waals surface area contributed by atoms with E-state index in [0.29, 0.717) is 5.69 Å². The van der Waals surface area contributed by atoms with Gasteiger partial charge in [0.2, 0.25) is 5.91 Å². The molecule has 0 aliphatic heterocycles. The topological polar surface area (TPSA) is 96.0 Å². The van der Waals surface area contributed by atoms with Crippen LogP contribution in [0.5, 0.6) is 0 Å². The molecule has 1 N–H and O–H groups in total. The van der Waals surface area contributed by atoms with Crippen molar-refractivity contribution in [2.45, 2.75) is 18.7 Å². The number of benzene rings is 2. The molecule has 29 heavy (non-hydrogen) atoms. The Morgan fingerprint density at radius 2 is 1.66 bits per heavy atom. The van der Waals surface area contributed by atoms with Crippen LogP contribution in [-0.2, 0) is 19.7 Å². The highest BCUT2D eigenvalue weighted by molar-refractivity contribution is 7.89. The van der Waals surface area contributed by atoms with Crippen LogP contribution in [0.15, 0.2) is 47.4 Å². The summed E-state index contributed by atoms with van der Waals surface area (Å²) >= 11 is 0. The van der Waals surface area contributed by atoms with Gasteiger partial charge in [-0.05, 0) is 55.3 Å². The normalized spacial score (nSPS) is 11.4. The highest BCUT2D eigenvalue weighted by Crippen LogP contribution is 2.17. The fraction of sp³-hybridized carbons (Fsp3) is 0.300. The summed E-state index contributed by atoms with van der Waals surface area (Å²) in [5.41, 5.74) is 2.92. The molecule has 0 aromatic heterocycles. The Bertz CT molecular complexity index is 1000. The predicted molar refractivity (Wildman–Crippen MR) is 110 cm³/mol. The van der Waals surface area contributed by atoms with E-state index < -0.39 is 15.9 Å². The summed E-state index contributed by atoms with van der Waals surface area (Å²) in [6.45, 7) is 3.68. The number of anilines is 1. The van der Waals surface area contributed by atoms with Gasteiger partial charge in [-0.1, -0.05) is 16.6 Å². The minimum atomic E-state index is -3.79. The van der Waals surface area contributed by atoms with Gasteiger partial charge in [0.05, 0.1) is 18.6 Å². The highest BCUT2D eigenvalue weighted by Gasteiger charge is 2.22. The molecule has 0 saturated heterocycles. The number of nitrogens with one attached hydrogen (secondary N) is 1. The highest BCUT2D eigenvalue weighted by atomic mass is 32.2. The van der Waals surface area contributed by atoms with E-state index in [-0.39, 0.29) is 22.9 Å². The third-order valence-electron chi connectivity index (χ3n) is 4.39. The lowest BCUT2D eigenvalue weighted by molar-refractivity contribution is -0.116. The summed E-state index contributed by atoms with van der Waals surface area (Å²) in [4.78, 5) is 30.9. The summed E-state index contributed by atoms with van der Waals surface area (Å²) in [7, 11) is 0.236. The smallest absolute Gasteiger partial charge is 0.264 e. The van der Waals surface area contributed by atoms with Crippen molar-refractivity contribution in [2.75, 3.05) is 33.1 Å². The van der Waals surface area contributed by atoms with Gasteiger partial charge < -0.3 is 10.2 Å².